The van der Waals surface area contributed by atoms with Crippen LogP contribution in [-0.4, -0.2) is 16.6 Å². The lowest BCUT2D eigenvalue weighted by Gasteiger charge is -2.01. The van der Waals surface area contributed by atoms with Gasteiger partial charge in [-0.15, -0.1) is 12.3 Å². The van der Waals surface area contributed by atoms with Crippen LogP contribution >= 0.6 is 15.9 Å². The van der Waals surface area contributed by atoms with E-state index in [4.69, 9.17) is 11.2 Å². The number of hydrogen-bond acceptors (Lipinski definition) is 3. The maximum absolute atomic E-state index is 5.20. The smallest absolute Gasteiger partial charge is 0.217 e. The summed E-state index contributed by atoms with van der Waals surface area (Å²) in [5.74, 6) is 3.01. The molecule has 0 fully saturated rings. The molecule has 0 saturated carbocycles. The summed E-state index contributed by atoms with van der Waals surface area (Å²) < 4.78 is 5.91. The van der Waals surface area contributed by atoms with E-state index < -0.39 is 0 Å². The monoisotopic (exact) mass is 226 g/mol. The third kappa shape index (κ3) is 2.89. The van der Waals surface area contributed by atoms with Crippen molar-refractivity contribution in [2.75, 3.05) is 6.61 Å². The number of hydrogen-bond donors (Lipinski definition) is 0. The second kappa shape index (κ2) is 4.73. The molecule has 1 rings (SSSR count). The van der Waals surface area contributed by atoms with Crippen LogP contribution in [0.4, 0.5) is 0 Å². The molecule has 0 aromatic carbocycles. The molecule has 0 amide bonds. The van der Waals surface area contributed by atoms with Crippen LogP contribution in [0, 0.1) is 12.3 Å². The maximum atomic E-state index is 5.20. The average Bonchev–Trinajstić information content (AvgIpc) is 2.05. The van der Waals surface area contributed by atoms with E-state index in [0.29, 0.717) is 23.5 Å². The Labute approximate surface area is 79.3 Å². The van der Waals surface area contributed by atoms with E-state index in [2.05, 4.69) is 31.8 Å². The van der Waals surface area contributed by atoms with E-state index in [-0.39, 0.29) is 0 Å². The van der Waals surface area contributed by atoms with Crippen molar-refractivity contribution in [2.24, 2.45) is 0 Å². The quantitative estimate of drug-likeness (QED) is 0.447. The lowest BCUT2D eigenvalue weighted by Crippen LogP contribution is -1.97. The van der Waals surface area contributed by atoms with Gasteiger partial charge in [-0.05, 0) is 15.9 Å². The molecule has 0 saturated heterocycles. The highest BCUT2D eigenvalue weighted by atomic mass is 79.9. The zero-order valence-electron chi connectivity index (χ0n) is 6.33. The molecule has 62 valence electrons. The number of ether oxygens (including phenoxy) is 1. The average molecular weight is 227 g/mol. The molecule has 1 aromatic heterocycles. The summed E-state index contributed by atoms with van der Waals surface area (Å²) in [6.07, 6.45) is 7.06. The first-order valence-corrected chi connectivity index (χ1v) is 4.16. The Kier molecular flexibility index (Phi) is 3.55. The van der Waals surface area contributed by atoms with Crippen LogP contribution in [0.5, 0.6) is 5.88 Å². The molecule has 0 aliphatic carbocycles. The summed E-state index contributed by atoms with van der Waals surface area (Å²) >= 11 is 3.20. The molecule has 3 nitrogen and oxygen atoms in total. The Bertz CT molecular complexity index is 295. The Hall–Kier alpha value is -1.08. The normalized spacial score (nSPS) is 9.00. The van der Waals surface area contributed by atoms with Crippen molar-refractivity contribution >= 4 is 15.9 Å². The zero-order chi connectivity index (χ0) is 8.81. The van der Waals surface area contributed by atoms with E-state index in [1.54, 1.807) is 6.07 Å². The van der Waals surface area contributed by atoms with Crippen molar-refractivity contribution < 1.29 is 4.74 Å². The van der Waals surface area contributed by atoms with Crippen molar-refractivity contribution in [3.63, 3.8) is 0 Å². The lowest BCUT2D eigenvalue weighted by molar-refractivity contribution is 0.313. The molecule has 0 bridgehead atoms. The number of nitrogens with zero attached hydrogens (tertiary/aromatic N) is 2. The van der Waals surface area contributed by atoms with Crippen LogP contribution in [-0.2, 0) is 0 Å². The molecule has 0 radical (unpaired) electrons. The van der Waals surface area contributed by atoms with Crippen LogP contribution in [0.3, 0.4) is 0 Å². The van der Waals surface area contributed by atoms with Gasteiger partial charge in [0.05, 0.1) is 0 Å². The van der Waals surface area contributed by atoms with Crippen molar-refractivity contribution in [3.05, 3.63) is 17.0 Å². The molecular formula is C8H7BrN2O. The molecule has 4 heteroatoms. The van der Waals surface area contributed by atoms with Crippen molar-refractivity contribution in [1.29, 1.82) is 0 Å². The molecule has 0 aliphatic rings. The second-order valence-electron chi connectivity index (χ2n) is 1.98. The highest BCUT2D eigenvalue weighted by Crippen LogP contribution is 2.11. The van der Waals surface area contributed by atoms with E-state index in [9.17, 15) is 0 Å². The predicted molar refractivity (Wildman–Crippen MR) is 48.7 cm³/mol. The fourth-order valence-electron chi connectivity index (χ4n) is 0.611. The Balaban J connectivity index is 2.48. The fourth-order valence-corrected chi connectivity index (χ4v) is 0.898. The molecule has 0 unspecified atom stereocenters. The largest absolute Gasteiger partial charge is 0.477 e. The van der Waals surface area contributed by atoms with Crippen LogP contribution < -0.4 is 4.74 Å². The molecular weight excluding hydrogens is 220 g/mol. The number of terminal acetylenes is 1. The molecule has 0 spiro atoms. The van der Waals surface area contributed by atoms with Crippen LogP contribution in [0.2, 0.25) is 0 Å². The van der Waals surface area contributed by atoms with Gasteiger partial charge in [0.25, 0.3) is 0 Å². The minimum atomic E-state index is 0.486. The highest BCUT2D eigenvalue weighted by Gasteiger charge is 1.95. The third-order valence-electron chi connectivity index (χ3n) is 1.10. The van der Waals surface area contributed by atoms with Gasteiger partial charge in [-0.25, -0.2) is 9.97 Å². The van der Waals surface area contributed by atoms with Crippen LogP contribution in [0.25, 0.3) is 0 Å². The van der Waals surface area contributed by atoms with Crippen LogP contribution in [0.1, 0.15) is 6.42 Å². The minimum absolute atomic E-state index is 0.486. The van der Waals surface area contributed by atoms with Crippen molar-refractivity contribution in [1.82, 2.24) is 9.97 Å². The van der Waals surface area contributed by atoms with Gasteiger partial charge in [-0.3, -0.25) is 0 Å². The molecule has 0 N–H and O–H groups in total. The summed E-state index contributed by atoms with van der Waals surface area (Å²) in [5.41, 5.74) is 0. The molecule has 0 aliphatic heterocycles. The van der Waals surface area contributed by atoms with Gasteiger partial charge < -0.3 is 4.74 Å². The fraction of sp³-hybridized carbons (Fsp3) is 0.250. The summed E-state index contributed by atoms with van der Waals surface area (Å²) in [5, 5.41) is 0. The first kappa shape index (κ1) is 9.01. The van der Waals surface area contributed by atoms with Gasteiger partial charge in [0.1, 0.15) is 17.5 Å². The van der Waals surface area contributed by atoms with Crippen LogP contribution in [0.15, 0.2) is 17.0 Å². The second-order valence-corrected chi connectivity index (χ2v) is 2.79. The Morgan fingerprint density at radius 1 is 1.58 bits per heavy atom. The van der Waals surface area contributed by atoms with E-state index in [1.165, 1.54) is 6.33 Å². The number of aromatic nitrogens is 2. The Morgan fingerprint density at radius 3 is 3.08 bits per heavy atom. The van der Waals surface area contributed by atoms with Gasteiger partial charge in [-0.2, -0.15) is 0 Å². The highest BCUT2D eigenvalue weighted by molar-refractivity contribution is 9.10. The topological polar surface area (TPSA) is 35.0 Å². The Morgan fingerprint density at radius 2 is 2.42 bits per heavy atom. The van der Waals surface area contributed by atoms with Gasteiger partial charge in [0.15, 0.2) is 0 Å². The maximum Gasteiger partial charge on any atom is 0.217 e. The van der Waals surface area contributed by atoms with Gasteiger partial charge >= 0.3 is 0 Å². The summed E-state index contributed by atoms with van der Waals surface area (Å²) in [7, 11) is 0. The van der Waals surface area contributed by atoms with Gasteiger partial charge in [-0.1, -0.05) is 0 Å². The zero-order valence-corrected chi connectivity index (χ0v) is 7.91. The summed E-state index contributed by atoms with van der Waals surface area (Å²) in [6.45, 7) is 0.486. The van der Waals surface area contributed by atoms with E-state index in [1.807, 2.05) is 0 Å². The number of halogens is 1. The summed E-state index contributed by atoms with van der Waals surface area (Å²) in [4.78, 5) is 7.73. The predicted octanol–water partition coefficient (Wildman–Crippen LogP) is 1.64. The molecule has 1 aromatic rings. The SMILES string of the molecule is C#CCCOc1cc(Br)ncn1. The standard InChI is InChI=1S/C8H7BrN2O/c1-2-3-4-12-8-5-7(9)10-6-11-8/h1,5-6H,3-4H2. The summed E-state index contributed by atoms with van der Waals surface area (Å²) in [6, 6.07) is 1.69. The molecule has 12 heavy (non-hydrogen) atoms. The van der Waals surface area contributed by atoms with Crippen molar-refractivity contribution in [3.8, 4) is 18.2 Å². The minimum Gasteiger partial charge on any atom is -0.477 e. The molecule has 0 atom stereocenters. The first-order chi connectivity index (χ1) is 5.83. The van der Waals surface area contributed by atoms with E-state index in [0.717, 1.165) is 0 Å². The number of rotatable bonds is 3. The van der Waals surface area contributed by atoms with Gasteiger partial charge in [0, 0.05) is 12.5 Å². The lowest BCUT2D eigenvalue weighted by atomic mass is 10.5. The molecule has 1 heterocycles. The van der Waals surface area contributed by atoms with Gasteiger partial charge in [0.2, 0.25) is 5.88 Å². The van der Waals surface area contributed by atoms with E-state index >= 15 is 0 Å². The van der Waals surface area contributed by atoms with Crippen molar-refractivity contribution in [2.45, 2.75) is 6.42 Å². The first-order valence-electron chi connectivity index (χ1n) is 3.36. The third-order valence-corrected chi connectivity index (χ3v) is 1.54.